The van der Waals surface area contributed by atoms with Crippen molar-refractivity contribution < 1.29 is 13.5 Å². The number of benzene rings is 1. The van der Waals surface area contributed by atoms with E-state index in [1.165, 1.54) is 17.5 Å². The van der Waals surface area contributed by atoms with E-state index >= 15 is 0 Å². The van der Waals surface area contributed by atoms with Gasteiger partial charge in [0, 0.05) is 5.56 Å². The summed E-state index contributed by atoms with van der Waals surface area (Å²) in [5.74, 6) is 0. The maximum absolute atomic E-state index is 12.2. The van der Waals surface area contributed by atoms with Crippen LogP contribution in [0.2, 0.25) is 0 Å². The van der Waals surface area contributed by atoms with Crippen molar-refractivity contribution in [3.05, 3.63) is 35.5 Å². The van der Waals surface area contributed by atoms with Crippen LogP contribution in [0.25, 0.3) is 10.2 Å². The van der Waals surface area contributed by atoms with E-state index in [2.05, 4.69) is 19.9 Å². The standard InChI is InChI=1S/C11H10N4O3S2/c16-5-7-4-13-14-11(7)20(17,18)15-8-1-2-9-10(3-8)19-6-12-9/h1-4,6,15-16H,5H2,(H,13,14). The second-order valence-electron chi connectivity index (χ2n) is 4.02. The van der Waals surface area contributed by atoms with Crippen LogP contribution in [0.15, 0.2) is 34.9 Å². The number of nitrogens with zero attached hydrogens (tertiary/aromatic N) is 2. The van der Waals surface area contributed by atoms with Gasteiger partial charge in [-0.2, -0.15) is 13.5 Å². The Morgan fingerprint density at radius 1 is 1.40 bits per heavy atom. The fraction of sp³-hybridized carbons (Fsp3) is 0.0909. The first-order valence-corrected chi connectivity index (χ1v) is 7.95. The topological polar surface area (TPSA) is 108 Å². The Morgan fingerprint density at radius 3 is 3.05 bits per heavy atom. The number of rotatable bonds is 4. The van der Waals surface area contributed by atoms with E-state index in [4.69, 9.17) is 5.11 Å². The maximum atomic E-state index is 12.2. The van der Waals surface area contributed by atoms with E-state index in [-0.39, 0.29) is 10.6 Å². The lowest BCUT2D eigenvalue weighted by atomic mass is 10.3. The molecule has 0 amide bonds. The third kappa shape index (κ3) is 2.26. The van der Waals surface area contributed by atoms with Gasteiger partial charge in [0.25, 0.3) is 10.0 Å². The molecule has 0 aliphatic heterocycles. The van der Waals surface area contributed by atoms with Crippen LogP contribution in [-0.2, 0) is 16.6 Å². The summed E-state index contributed by atoms with van der Waals surface area (Å²) in [6.07, 6.45) is 1.28. The van der Waals surface area contributed by atoms with Crippen molar-refractivity contribution in [3.8, 4) is 0 Å². The van der Waals surface area contributed by atoms with Crippen molar-refractivity contribution >= 4 is 37.3 Å². The Kier molecular flexibility index (Phi) is 3.16. The van der Waals surface area contributed by atoms with E-state index in [9.17, 15) is 8.42 Å². The molecule has 20 heavy (non-hydrogen) atoms. The van der Waals surface area contributed by atoms with E-state index < -0.39 is 16.6 Å². The minimum absolute atomic E-state index is 0.135. The predicted molar refractivity (Wildman–Crippen MR) is 74.9 cm³/mol. The van der Waals surface area contributed by atoms with Crippen molar-refractivity contribution in [2.75, 3.05) is 4.72 Å². The lowest BCUT2D eigenvalue weighted by molar-refractivity contribution is 0.278. The summed E-state index contributed by atoms with van der Waals surface area (Å²) in [6.45, 7) is -0.402. The van der Waals surface area contributed by atoms with Gasteiger partial charge in [0.05, 0.1) is 34.2 Å². The van der Waals surface area contributed by atoms with Crippen LogP contribution in [0.3, 0.4) is 0 Å². The highest BCUT2D eigenvalue weighted by Gasteiger charge is 2.20. The van der Waals surface area contributed by atoms with Crippen LogP contribution in [0.1, 0.15) is 5.56 Å². The Morgan fingerprint density at radius 2 is 2.25 bits per heavy atom. The second kappa shape index (κ2) is 4.85. The van der Waals surface area contributed by atoms with Crippen molar-refractivity contribution in [1.29, 1.82) is 0 Å². The fourth-order valence-corrected chi connectivity index (χ4v) is 3.66. The minimum Gasteiger partial charge on any atom is -0.392 e. The molecule has 0 radical (unpaired) electrons. The molecule has 0 unspecified atom stereocenters. The highest BCUT2D eigenvalue weighted by Crippen LogP contribution is 2.24. The van der Waals surface area contributed by atoms with E-state index in [1.54, 1.807) is 23.7 Å². The molecule has 0 spiro atoms. The number of nitrogens with one attached hydrogen (secondary N) is 2. The lowest BCUT2D eigenvalue weighted by Crippen LogP contribution is -2.15. The average Bonchev–Trinajstić information content (AvgIpc) is 3.06. The largest absolute Gasteiger partial charge is 0.392 e. The molecule has 1 aromatic carbocycles. The SMILES string of the molecule is O=S(=O)(Nc1ccc2ncsc2c1)c1[nH]ncc1CO. The number of aromatic nitrogens is 3. The van der Waals surface area contributed by atoms with Crippen molar-refractivity contribution in [3.63, 3.8) is 0 Å². The van der Waals surface area contributed by atoms with Gasteiger partial charge in [-0.25, -0.2) is 4.98 Å². The number of aromatic amines is 1. The molecule has 0 saturated carbocycles. The number of aliphatic hydroxyl groups excluding tert-OH is 1. The Hall–Kier alpha value is -1.97. The molecular formula is C11H10N4O3S2. The predicted octanol–water partition coefficient (Wildman–Crippen LogP) is 1.31. The van der Waals surface area contributed by atoms with Gasteiger partial charge in [-0.15, -0.1) is 11.3 Å². The van der Waals surface area contributed by atoms with Crippen molar-refractivity contribution in [2.24, 2.45) is 0 Å². The number of sulfonamides is 1. The summed E-state index contributed by atoms with van der Waals surface area (Å²) in [5, 5.41) is 15.0. The van der Waals surface area contributed by atoms with Crippen LogP contribution in [0, 0.1) is 0 Å². The maximum Gasteiger partial charge on any atom is 0.279 e. The smallest absolute Gasteiger partial charge is 0.279 e. The first-order valence-electron chi connectivity index (χ1n) is 5.59. The Labute approximate surface area is 118 Å². The highest BCUT2D eigenvalue weighted by atomic mass is 32.2. The molecule has 2 heterocycles. The molecular weight excluding hydrogens is 300 g/mol. The number of hydrogen-bond donors (Lipinski definition) is 3. The molecule has 7 nitrogen and oxygen atoms in total. The Bertz CT molecular complexity index is 853. The second-order valence-corrected chi connectivity index (χ2v) is 6.53. The number of anilines is 1. The van der Waals surface area contributed by atoms with Crippen LogP contribution in [0.4, 0.5) is 5.69 Å². The third-order valence-corrected chi connectivity index (χ3v) is 4.89. The van der Waals surface area contributed by atoms with Gasteiger partial charge in [-0.3, -0.25) is 9.82 Å². The number of fused-ring (bicyclic) bond motifs is 1. The highest BCUT2D eigenvalue weighted by molar-refractivity contribution is 7.92. The van der Waals surface area contributed by atoms with E-state index in [1.807, 2.05) is 0 Å². The summed E-state index contributed by atoms with van der Waals surface area (Å²) in [6, 6.07) is 5.08. The van der Waals surface area contributed by atoms with Gasteiger partial charge in [0.1, 0.15) is 0 Å². The normalized spacial score (nSPS) is 11.8. The average molecular weight is 310 g/mol. The molecule has 104 valence electrons. The fourth-order valence-electron chi connectivity index (χ4n) is 1.77. The van der Waals surface area contributed by atoms with Gasteiger partial charge >= 0.3 is 0 Å². The third-order valence-electron chi connectivity index (χ3n) is 2.70. The molecule has 3 rings (SSSR count). The lowest BCUT2D eigenvalue weighted by Gasteiger charge is -2.07. The zero-order valence-electron chi connectivity index (χ0n) is 10.1. The Balaban J connectivity index is 1.96. The number of thiazole rings is 1. The van der Waals surface area contributed by atoms with Gasteiger partial charge in [-0.05, 0) is 18.2 Å². The zero-order chi connectivity index (χ0) is 14.2. The number of hydrogen-bond acceptors (Lipinski definition) is 6. The molecule has 0 fully saturated rings. The molecule has 3 aromatic rings. The molecule has 0 aliphatic carbocycles. The summed E-state index contributed by atoms with van der Waals surface area (Å²) >= 11 is 1.43. The van der Waals surface area contributed by atoms with Crippen LogP contribution < -0.4 is 4.72 Å². The first-order chi connectivity index (χ1) is 9.60. The minimum atomic E-state index is -3.81. The molecule has 0 aliphatic rings. The monoisotopic (exact) mass is 310 g/mol. The van der Waals surface area contributed by atoms with E-state index in [0.29, 0.717) is 5.69 Å². The quantitative estimate of drug-likeness (QED) is 0.673. The molecule has 3 N–H and O–H groups in total. The van der Waals surface area contributed by atoms with Gasteiger partial charge in [0.2, 0.25) is 0 Å². The summed E-state index contributed by atoms with van der Waals surface area (Å²) in [4.78, 5) is 4.13. The van der Waals surface area contributed by atoms with Crippen molar-refractivity contribution in [2.45, 2.75) is 11.6 Å². The van der Waals surface area contributed by atoms with Gasteiger partial charge in [0.15, 0.2) is 5.03 Å². The summed E-state index contributed by atoms with van der Waals surface area (Å²) in [5.41, 5.74) is 3.16. The molecule has 0 bridgehead atoms. The van der Waals surface area contributed by atoms with Crippen LogP contribution in [-0.4, -0.2) is 28.7 Å². The summed E-state index contributed by atoms with van der Waals surface area (Å²) in [7, 11) is -3.81. The van der Waals surface area contributed by atoms with Gasteiger partial charge in [-0.1, -0.05) is 0 Å². The molecule has 9 heteroatoms. The van der Waals surface area contributed by atoms with Crippen molar-refractivity contribution in [1.82, 2.24) is 15.2 Å². The first kappa shape index (κ1) is 13.0. The van der Waals surface area contributed by atoms with Gasteiger partial charge < -0.3 is 5.11 Å². The molecule has 0 saturated heterocycles. The van der Waals surface area contributed by atoms with E-state index in [0.717, 1.165) is 10.2 Å². The number of H-pyrrole nitrogens is 1. The summed E-state index contributed by atoms with van der Waals surface area (Å²) < 4.78 is 27.8. The number of aliphatic hydroxyl groups is 1. The molecule has 0 atom stereocenters. The molecule has 2 aromatic heterocycles. The zero-order valence-corrected chi connectivity index (χ0v) is 11.7. The van der Waals surface area contributed by atoms with Crippen LogP contribution >= 0.6 is 11.3 Å². The van der Waals surface area contributed by atoms with Crippen LogP contribution in [0.5, 0.6) is 0 Å².